The van der Waals surface area contributed by atoms with Crippen LogP contribution >= 0.6 is 0 Å². The number of phenols is 2. The zero-order valence-electron chi connectivity index (χ0n) is 23.1. The quantitative estimate of drug-likeness (QED) is 0.117. The number of ether oxygens (including phenoxy) is 4. The van der Waals surface area contributed by atoms with Gasteiger partial charge in [-0.3, -0.25) is 14.4 Å². The van der Waals surface area contributed by atoms with E-state index in [2.05, 4.69) is 0 Å². The molecule has 0 aromatic heterocycles. The molecule has 0 radical (unpaired) electrons. The number of carboxylic acid groups (broad SMARTS) is 1. The Labute approximate surface area is 244 Å². The number of hydrogen-bond acceptors (Lipinski definition) is 13. The average molecular weight is 605 g/mol. The Morgan fingerprint density at radius 1 is 1.00 bits per heavy atom. The molecule has 4 rings (SSSR count). The molecule has 2 heterocycles. The molecule has 14 nitrogen and oxygen atoms in total. The lowest BCUT2D eigenvalue weighted by atomic mass is 9.90. The molecule has 7 N–H and O–H groups in total. The van der Waals surface area contributed by atoms with E-state index in [0.29, 0.717) is 5.56 Å². The first kappa shape index (κ1) is 31.7. The normalized spacial score (nSPS) is 26.6. The van der Waals surface area contributed by atoms with E-state index >= 15 is 0 Å². The van der Waals surface area contributed by atoms with Crippen molar-refractivity contribution in [2.75, 3.05) is 6.61 Å². The first-order valence-corrected chi connectivity index (χ1v) is 13.2. The number of Topliss-reactive ketones (excluding diaryl/α,β-unsaturated/α-hetero) is 1. The highest BCUT2D eigenvalue weighted by Gasteiger charge is 2.47. The summed E-state index contributed by atoms with van der Waals surface area (Å²) >= 11 is 0. The maximum atomic E-state index is 13.2. The summed E-state index contributed by atoms with van der Waals surface area (Å²) in [6.07, 6.45) is -10.6. The molecule has 43 heavy (non-hydrogen) atoms. The molecule has 0 amide bonds. The Bertz CT molecular complexity index is 1400. The van der Waals surface area contributed by atoms with Crippen molar-refractivity contribution in [3.63, 3.8) is 0 Å². The highest BCUT2D eigenvalue weighted by Crippen LogP contribution is 2.47. The summed E-state index contributed by atoms with van der Waals surface area (Å²) < 4.78 is 22.3. The zero-order chi connectivity index (χ0) is 31.6. The second-order valence-electron chi connectivity index (χ2n) is 10.4. The molecule has 232 valence electrons. The number of carbonyl (C=O) groups is 3. The van der Waals surface area contributed by atoms with Crippen LogP contribution in [-0.4, -0.2) is 96.9 Å². The Morgan fingerprint density at radius 3 is 2.30 bits per heavy atom. The number of fused-ring (bicyclic) bond motifs is 1. The van der Waals surface area contributed by atoms with Gasteiger partial charge in [0.05, 0.1) is 0 Å². The van der Waals surface area contributed by atoms with Gasteiger partial charge in [-0.25, -0.2) is 0 Å². The number of phenolic OH excluding ortho intramolecular Hbond substituents is 2. The monoisotopic (exact) mass is 604 g/mol. The number of aromatic hydroxyl groups is 2. The first-order valence-electron chi connectivity index (χ1n) is 13.2. The molecule has 0 aliphatic carbocycles. The number of ketones is 1. The summed E-state index contributed by atoms with van der Waals surface area (Å²) in [4.78, 5) is 35.7. The summed E-state index contributed by atoms with van der Waals surface area (Å²) in [5, 5.41) is 71.4. The van der Waals surface area contributed by atoms with Gasteiger partial charge in [-0.15, -0.1) is 0 Å². The van der Waals surface area contributed by atoms with Crippen LogP contribution in [0.1, 0.15) is 47.9 Å². The van der Waals surface area contributed by atoms with Gasteiger partial charge >= 0.3 is 11.9 Å². The van der Waals surface area contributed by atoms with Crippen molar-refractivity contribution in [1.82, 2.24) is 0 Å². The van der Waals surface area contributed by atoms with Gasteiger partial charge in [0.1, 0.15) is 66.0 Å². The van der Waals surface area contributed by atoms with Crippen LogP contribution in [0.3, 0.4) is 0 Å². The minimum absolute atomic E-state index is 0.0494. The predicted octanol–water partition coefficient (Wildman–Crippen LogP) is 0.488. The van der Waals surface area contributed by atoms with Gasteiger partial charge in [-0.2, -0.15) is 0 Å². The summed E-state index contributed by atoms with van der Waals surface area (Å²) in [6, 6.07) is 6.67. The Balaban J connectivity index is 1.70. The number of rotatable bonds is 9. The van der Waals surface area contributed by atoms with Crippen molar-refractivity contribution >= 4 is 17.7 Å². The molecule has 0 bridgehead atoms. The Kier molecular flexibility index (Phi) is 9.57. The van der Waals surface area contributed by atoms with Crippen LogP contribution in [-0.2, 0) is 25.5 Å². The molecule has 2 aromatic carbocycles. The molecule has 2 aromatic rings. The van der Waals surface area contributed by atoms with Gasteiger partial charge in [0, 0.05) is 11.6 Å². The third-order valence-corrected chi connectivity index (χ3v) is 6.92. The topological polar surface area (TPSA) is 230 Å². The fourth-order valence-electron chi connectivity index (χ4n) is 4.65. The van der Waals surface area contributed by atoms with E-state index in [1.807, 2.05) is 13.8 Å². The number of allylic oxidation sites excluding steroid dienone is 2. The van der Waals surface area contributed by atoms with Crippen molar-refractivity contribution in [3.05, 3.63) is 58.7 Å². The van der Waals surface area contributed by atoms with Crippen molar-refractivity contribution < 1.29 is 69.1 Å². The summed E-state index contributed by atoms with van der Waals surface area (Å²) in [5.41, 5.74) is 1.11. The average Bonchev–Trinajstić information content (AvgIpc) is 2.94. The predicted molar refractivity (Wildman–Crippen MR) is 144 cm³/mol. The lowest BCUT2D eigenvalue weighted by Gasteiger charge is -2.40. The maximum absolute atomic E-state index is 13.2. The molecule has 2 aliphatic heterocycles. The zero-order valence-corrected chi connectivity index (χ0v) is 23.1. The molecule has 1 saturated heterocycles. The highest BCUT2D eigenvalue weighted by atomic mass is 16.7. The van der Waals surface area contributed by atoms with E-state index in [4.69, 9.17) is 24.1 Å². The smallest absolute Gasteiger partial charge is 0.317 e. The van der Waals surface area contributed by atoms with Gasteiger partial charge in [-0.05, 0) is 38.0 Å². The molecule has 2 aliphatic rings. The van der Waals surface area contributed by atoms with Crippen molar-refractivity contribution in [2.24, 2.45) is 0 Å². The molecule has 0 spiro atoms. The minimum atomic E-state index is -1.85. The number of esters is 1. The van der Waals surface area contributed by atoms with Crippen LogP contribution < -0.4 is 9.47 Å². The van der Waals surface area contributed by atoms with Crippen LogP contribution in [0.15, 0.2) is 42.0 Å². The SMILES string of the molecule is CC(C)=CCc1c(O[C@@H]2O[C@H](COC(=O)CC(=O)O)[C@@H](O)[C@H](O)[C@H]2O)cc(O)c2c1O[C@H](c1ccc(O)cc1)[C@@H](O)C2=O. The number of hydrogen-bond donors (Lipinski definition) is 7. The fourth-order valence-corrected chi connectivity index (χ4v) is 4.65. The van der Waals surface area contributed by atoms with Gasteiger partial charge in [0.2, 0.25) is 12.1 Å². The first-order chi connectivity index (χ1) is 20.3. The summed E-state index contributed by atoms with van der Waals surface area (Å²) in [5.74, 6) is -4.34. The molecule has 0 unspecified atom stereocenters. The standard InChI is InChI=1S/C29H32O14/c1-12(2)3-8-15-17(41-29-26(39)24(37)22(35)18(42-29)11-40-20(34)10-19(32)33)9-16(31)21-23(36)25(38)27(43-28(15)21)13-4-6-14(30)7-5-13/h3-7,9,18,22,24-27,29-31,35,37-39H,8,10-11H2,1-2H3,(H,32,33)/t18-,22-,24+,25+,26-,27-,29-/m1/s1. The van der Waals surface area contributed by atoms with Gasteiger partial charge in [0.15, 0.2) is 12.2 Å². The van der Waals surface area contributed by atoms with Crippen molar-refractivity contribution in [1.29, 1.82) is 0 Å². The number of aliphatic hydroxyl groups is 4. The van der Waals surface area contributed by atoms with E-state index < -0.39 is 79.4 Å². The van der Waals surface area contributed by atoms with Crippen molar-refractivity contribution in [2.45, 2.75) is 69.6 Å². The van der Waals surface area contributed by atoms with E-state index in [1.165, 1.54) is 24.3 Å². The Hall–Kier alpha value is -4.21. The summed E-state index contributed by atoms with van der Waals surface area (Å²) in [7, 11) is 0. The number of aliphatic hydroxyl groups excluding tert-OH is 4. The van der Waals surface area contributed by atoms with Crippen LogP contribution in [0, 0.1) is 0 Å². The Morgan fingerprint density at radius 2 is 1.67 bits per heavy atom. The van der Waals surface area contributed by atoms with E-state index in [-0.39, 0.29) is 34.8 Å². The molecule has 7 atom stereocenters. The van der Waals surface area contributed by atoms with Crippen LogP contribution in [0.4, 0.5) is 0 Å². The molecule has 0 saturated carbocycles. The van der Waals surface area contributed by atoms with Crippen LogP contribution in [0.5, 0.6) is 23.0 Å². The third kappa shape index (κ3) is 6.89. The van der Waals surface area contributed by atoms with Gasteiger partial charge < -0.3 is 54.7 Å². The molecular weight excluding hydrogens is 572 g/mol. The third-order valence-electron chi connectivity index (χ3n) is 6.92. The minimum Gasteiger partial charge on any atom is -0.508 e. The second-order valence-corrected chi connectivity index (χ2v) is 10.4. The number of carboxylic acids is 1. The molecular formula is C29H32O14. The van der Waals surface area contributed by atoms with Crippen LogP contribution in [0.2, 0.25) is 0 Å². The molecule has 14 heteroatoms. The number of benzene rings is 2. The van der Waals surface area contributed by atoms with Gasteiger partial charge in [-0.1, -0.05) is 23.8 Å². The fraction of sp³-hybridized carbons (Fsp3) is 0.414. The highest BCUT2D eigenvalue weighted by molar-refractivity contribution is 6.06. The van der Waals surface area contributed by atoms with Crippen LogP contribution in [0.25, 0.3) is 0 Å². The van der Waals surface area contributed by atoms with E-state index in [1.54, 1.807) is 6.08 Å². The van der Waals surface area contributed by atoms with E-state index in [9.17, 15) is 45.0 Å². The number of aliphatic carboxylic acids is 1. The number of carbonyl (C=O) groups excluding carboxylic acids is 2. The lowest BCUT2D eigenvalue weighted by molar-refractivity contribution is -0.278. The largest absolute Gasteiger partial charge is 0.508 e. The second kappa shape index (κ2) is 13.0. The molecule has 1 fully saturated rings. The summed E-state index contributed by atoms with van der Waals surface area (Å²) in [6.45, 7) is 2.94. The van der Waals surface area contributed by atoms with Gasteiger partial charge in [0.25, 0.3) is 0 Å². The van der Waals surface area contributed by atoms with E-state index in [0.717, 1.165) is 11.6 Å². The lowest BCUT2D eigenvalue weighted by Crippen LogP contribution is -2.60. The van der Waals surface area contributed by atoms with Crippen molar-refractivity contribution in [3.8, 4) is 23.0 Å². The maximum Gasteiger partial charge on any atom is 0.317 e.